The summed E-state index contributed by atoms with van der Waals surface area (Å²) in [6, 6.07) is 62.8. The Labute approximate surface area is 267 Å². The summed E-state index contributed by atoms with van der Waals surface area (Å²) in [5.41, 5.74) is 9.90. The smallest absolute Gasteiger partial charge is 0.136 e. The third-order valence-corrected chi connectivity index (χ3v) is 9.00. The third-order valence-electron chi connectivity index (χ3n) is 9.00. The average molecular weight is 588 g/mol. The maximum absolute atomic E-state index is 6.35. The van der Waals surface area contributed by atoms with E-state index in [0.29, 0.717) is 0 Å². The minimum absolute atomic E-state index is 0.890. The van der Waals surface area contributed by atoms with Crippen LogP contribution in [0, 0.1) is 0 Å². The molecular weight excluding hydrogens is 558 g/mol. The summed E-state index contributed by atoms with van der Waals surface area (Å²) in [5, 5.41) is 7.06. The molecule has 216 valence electrons. The molecule has 0 radical (unpaired) electrons. The minimum Gasteiger partial charge on any atom is -0.456 e. The van der Waals surface area contributed by atoms with Gasteiger partial charge in [0.2, 0.25) is 0 Å². The van der Waals surface area contributed by atoms with Crippen molar-refractivity contribution in [2.24, 2.45) is 0 Å². The molecule has 0 fully saturated rings. The van der Waals surface area contributed by atoms with Crippen LogP contribution in [0.25, 0.3) is 65.7 Å². The summed E-state index contributed by atoms with van der Waals surface area (Å²) >= 11 is 0. The Hall–Kier alpha value is -6.12. The van der Waals surface area contributed by atoms with Crippen LogP contribution in [-0.2, 0) is 0 Å². The van der Waals surface area contributed by atoms with Crippen LogP contribution in [0.2, 0.25) is 0 Å². The van der Waals surface area contributed by atoms with Gasteiger partial charge in [-0.2, -0.15) is 0 Å². The second kappa shape index (κ2) is 10.8. The summed E-state index contributed by atoms with van der Waals surface area (Å²) in [7, 11) is 0. The number of benzene rings is 8. The highest BCUT2D eigenvalue weighted by Gasteiger charge is 2.17. The first kappa shape index (κ1) is 26.3. The molecule has 0 amide bonds. The quantitative estimate of drug-likeness (QED) is 0.199. The fourth-order valence-corrected chi connectivity index (χ4v) is 6.66. The Kier molecular flexibility index (Phi) is 6.17. The fraction of sp³-hybridized carbons (Fsp3) is 0. The SMILES string of the molecule is c1ccc(-c2cccc(-c3ccc(N(c4ccc5ccccc5c4)c4ccc5oc6cc7ccccc7cc6c5c4)cc3)c2)cc1. The first-order valence-corrected chi connectivity index (χ1v) is 15.7. The van der Waals surface area contributed by atoms with E-state index >= 15 is 0 Å². The second-order valence-electron chi connectivity index (χ2n) is 11.8. The van der Waals surface area contributed by atoms with E-state index in [1.807, 2.05) is 0 Å². The van der Waals surface area contributed by atoms with Gasteiger partial charge in [-0.1, -0.05) is 115 Å². The molecule has 9 aromatic rings. The monoisotopic (exact) mass is 587 g/mol. The van der Waals surface area contributed by atoms with Gasteiger partial charge >= 0.3 is 0 Å². The summed E-state index contributed by atoms with van der Waals surface area (Å²) in [4.78, 5) is 2.34. The van der Waals surface area contributed by atoms with Crippen LogP contribution in [0.15, 0.2) is 180 Å². The van der Waals surface area contributed by atoms with Crippen molar-refractivity contribution in [3.05, 3.63) is 176 Å². The molecule has 8 aromatic carbocycles. The number of hydrogen-bond acceptors (Lipinski definition) is 2. The van der Waals surface area contributed by atoms with Gasteiger partial charge in [-0.15, -0.1) is 0 Å². The zero-order valence-electron chi connectivity index (χ0n) is 25.1. The number of fused-ring (bicyclic) bond motifs is 5. The van der Waals surface area contributed by atoms with E-state index in [9.17, 15) is 0 Å². The molecule has 2 nitrogen and oxygen atoms in total. The Bertz CT molecular complexity index is 2530. The zero-order chi connectivity index (χ0) is 30.5. The van der Waals surface area contributed by atoms with Crippen LogP contribution in [0.5, 0.6) is 0 Å². The van der Waals surface area contributed by atoms with Crippen molar-refractivity contribution in [1.29, 1.82) is 0 Å². The highest BCUT2D eigenvalue weighted by atomic mass is 16.3. The van der Waals surface area contributed by atoms with Crippen LogP contribution >= 0.6 is 0 Å². The lowest BCUT2D eigenvalue weighted by Gasteiger charge is -2.26. The van der Waals surface area contributed by atoms with Crippen molar-refractivity contribution in [2.75, 3.05) is 4.90 Å². The van der Waals surface area contributed by atoms with Crippen LogP contribution in [0.3, 0.4) is 0 Å². The van der Waals surface area contributed by atoms with Gasteiger partial charge in [0, 0.05) is 27.8 Å². The molecule has 1 heterocycles. The Morgan fingerprint density at radius 2 is 0.848 bits per heavy atom. The molecule has 9 rings (SSSR count). The number of rotatable bonds is 5. The fourth-order valence-electron chi connectivity index (χ4n) is 6.66. The Morgan fingerprint density at radius 1 is 0.304 bits per heavy atom. The van der Waals surface area contributed by atoms with Crippen molar-refractivity contribution in [3.63, 3.8) is 0 Å². The molecule has 1 aromatic heterocycles. The first-order chi connectivity index (χ1) is 22.8. The average Bonchev–Trinajstić information content (AvgIpc) is 3.48. The summed E-state index contributed by atoms with van der Waals surface area (Å²) in [6.45, 7) is 0. The summed E-state index contributed by atoms with van der Waals surface area (Å²) in [5.74, 6) is 0. The number of anilines is 3. The maximum Gasteiger partial charge on any atom is 0.136 e. The van der Waals surface area contributed by atoms with Crippen molar-refractivity contribution >= 4 is 60.5 Å². The highest BCUT2D eigenvalue weighted by Crippen LogP contribution is 2.41. The number of nitrogens with zero attached hydrogens (tertiary/aromatic N) is 1. The van der Waals surface area contributed by atoms with Crippen molar-refractivity contribution in [2.45, 2.75) is 0 Å². The largest absolute Gasteiger partial charge is 0.456 e. The summed E-state index contributed by atoms with van der Waals surface area (Å²) in [6.07, 6.45) is 0. The highest BCUT2D eigenvalue weighted by molar-refractivity contribution is 6.11. The van der Waals surface area contributed by atoms with Gasteiger partial charge < -0.3 is 9.32 Å². The molecule has 0 spiro atoms. The van der Waals surface area contributed by atoms with Crippen LogP contribution in [0.4, 0.5) is 17.1 Å². The van der Waals surface area contributed by atoms with E-state index in [4.69, 9.17) is 4.42 Å². The molecule has 0 atom stereocenters. The maximum atomic E-state index is 6.35. The van der Waals surface area contributed by atoms with Crippen molar-refractivity contribution < 1.29 is 4.42 Å². The number of hydrogen-bond donors (Lipinski definition) is 0. The van der Waals surface area contributed by atoms with Gasteiger partial charge in [0.15, 0.2) is 0 Å². The molecule has 0 saturated heterocycles. The predicted molar refractivity (Wildman–Crippen MR) is 194 cm³/mol. The standard InChI is InChI=1S/C44H29NO/c1-2-9-30(10-3-1)33-15-8-16-34(25-33)32-17-20-38(21-18-32)45(39-22-19-31-11-4-5-12-35(31)26-39)40-23-24-43-42(29-40)41-27-36-13-6-7-14-37(36)28-44(41)46-43/h1-29H. The molecule has 0 aliphatic heterocycles. The molecular formula is C44H29NO. The molecule has 0 unspecified atom stereocenters. The predicted octanol–water partition coefficient (Wildman–Crippen LogP) is 12.7. The molecule has 46 heavy (non-hydrogen) atoms. The van der Waals surface area contributed by atoms with Gasteiger partial charge in [-0.3, -0.25) is 0 Å². The van der Waals surface area contributed by atoms with E-state index in [2.05, 4.69) is 181 Å². The second-order valence-corrected chi connectivity index (χ2v) is 11.8. The topological polar surface area (TPSA) is 16.4 Å². The van der Waals surface area contributed by atoms with E-state index in [1.54, 1.807) is 0 Å². The van der Waals surface area contributed by atoms with Crippen molar-refractivity contribution in [1.82, 2.24) is 0 Å². The number of furan rings is 1. The van der Waals surface area contributed by atoms with E-state index in [1.165, 1.54) is 43.8 Å². The van der Waals surface area contributed by atoms with Gasteiger partial charge in [0.05, 0.1) is 0 Å². The van der Waals surface area contributed by atoms with Gasteiger partial charge in [-0.25, -0.2) is 0 Å². The van der Waals surface area contributed by atoms with Gasteiger partial charge in [0.25, 0.3) is 0 Å². The molecule has 0 N–H and O–H groups in total. The Balaban J connectivity index is 1.17. The van der Waals surface area contributed by atoms with Crippen LogP contribution in [-0.4, -0.2) is 0 Å². The third kappa shape index (κ3) is 4.60. The molecule has 2 heteroatoms. The van der Waals surface area contributed by atoms with Crippen LogP contribution < -0.4 is 4.90 Å². The van der Waals surface area contributed by atoms with E-state index < -0.39 is 0 Å². The van der Waals surface area contributed by atoms with Gasteiger partial charge in [0.1, 0.15) is 11.2 Å². The van der Waals surface area contributed by atoms with Crippen molar-refractivity contribution in [3.8, 4) is 22.3 Å². The normalized spacial score (nSPS) is 11.5. The van der Waals surface area contributed by atoms with Gasteiger partial charge in [-0.05, 0) is 104 Å². The lowest BCUT2D eigenvalue weighted by atomic mass is 9.99. The lowest BCUT2D eigenvalue weighted by Crippen LogP contribution is -2.09. The molecule has 0 bridgehead atoms. The lowest BCUT2D eigenvalue weighted by molar-refractivity contribution is 0.669. The van der Waals surface area contributed by atoms with E-state index in [0.717, 1.165) is 39.0 Å². The van der Waals surface area contributed by atoms with Crippen LogP contribution in [0.1, 0.15) is 0 Å². The Morgan fingerprint density at radius 3 is 1.61 bits per heavy atom. The summed E-state index contributed by atoms with van der Waals surface area (Å²) < 4.78 is 6.35. The first-order valence-electron chi connectivity index (χ1n) is 15.7. The minimum atomic E-state index is 0.890. The molecule has 0 aliphatic carbocycles. The van der Waals surface area contributed by atoms with E-state index in [-0.39, 0.29) is 0 Å². The zero-order valence-corrected chi connectivity index (χ0v) is 25.1. The molecule has 0 saturated carbocycles. The molecule has 0 aliphatic rings.